The van der Waals surface area contributed by atoms with Crippen LogP contribution in [0.5, 0.6) is 5.75 Å². The molecular weight excluding hydrogens is 397 g/mol. The number of anilines is 1. The van der Waals surface area contributed by atoms with Gasteiger partial charge in [0.15, 0.2) is 11.6 Å². The molecule has 0 radical (unpaired) electrons. The number of hydrogen-bond acceptors (Lipinski definition) is 6. The van der Waals surface area contributed by atoms with Gasteiger partial charge in [0.25, 0.3) is 5.91 Å². The van der Waals surface area contributed by atoms with Gasteiger partial charge in [-0.05, 0) is 24.3 Å². The van der Waals surface area contributed by atoms with Crippen LogP contribution in [-0.4, -0.2) is 57.0 Å². The Bertz CT molecular complexity index is 1060. The molecule has 0 saturated carbocycles. The van der Waals surface area contributed by atoms with Crippen LogP contribution in [0.2, 0.25) is 5.02 Å². The summed E-state index contributed by atoms with van der Waals surface area (Å²) in [6.07, 6.45) is 0. The fourth-order valence-electron chi connectivity index (χ4n) is 3.40. The van der Waals surface area contributed by atoms with Crippen molar-refractivity contribution in [3.05, 3.63) is 58.6 Å². The number of nitrogens with zero attached hydrogens (tertiary/aromatic N) is 4. The van der Waals surface area contributed by atoms with Gasteiger partial charge in [-0.3, -0.25) is 9.69 Å². The zero-order valence-electron chi connectivity index (χ0n) is 15.5. The number of nitrogens with two attached hydrogens (primary N) is 1. The summed E-state index contributed by atoms with van der Waals surface area (Å²) in [6.45, 7) is 2.72. The van der Waals surface area contributed by atoms with Crippen LogP contribution in [0.3, 0.4) is 0 Å². The van der Waals surface area contributed by atoms with Crippen molar-refractivity contribution in [2.45, 2.75) is 6.54 Å². The fourth-order valence-corrected chi connectivity index (χ4v) is 3.61. The van der Waals surface area contributed by atoms with Crippen LogP contribution >= 0.6 is 11.6 Å². The van der Waals surface area contributed by atoms with E-state index in [1.165, 1.54) is 6.07 Å². The molecule has 2 aromatic carbocycles. The van der Waals surface area contributed by atoms with Crippen molar-refractivity contribution in [1.82, 2.24) is 19.8 Å². The van der Waals surface area contributed by atoms with Crippen molar-refractivity contribution in [3.63, 3.8) is 0 Å². The molecule has 1 aromatic heterocycles. The molecule has 4 rings (SSSR count). The Morgan fingerprint density at radius 1 is 1.17 bits per heavy atom. The van der Waals surface area contributed by atoms with E-state index in [0.717, 1.165) is 17.0 Å². The zero-order chi connectivity index (χ0) is 20.5. The maximum Gasteiger partial charge on any atom is 0.254 e. The number of fused-ring (bicyclic) bond motifs is 1. The van der Waals surface area contributed by atoms with E-state index in [9.17, 15) is 14.3 Å². The average molecular weight is 416 g/mol. The number of hydrogen-bond donors (Lipinski definition) is 2. The van der Waals surface area contributed by atoms with Gasteiger partial charge in [0, 0.05) is 37.1 Å². The third kappa shape index (κ3) is 3.94. The van der Waals surface area contributed by atoms with E-state index in [4.69, 9.17) is 17.3 Å². The number of carbonyl (C=O) groups excluding carboxylic acids is 1. The highest BCUT2D eigenvalue weighted by molar-refractivity contribution is 6.32. The standard InChI is InChI=1S/C20H19ClFN5O2/c21-14-9-12(10-15(22)18(14)28)20(29)27-7-5-26(6-8-27)11-17-24-16-4-2-1-3-13(16)19(23)25-17/h1-4,9-10,28H,5-8,11H2,(H2,23,24,25). The summed E-state index contributed by atoms with van der Waals surface area (Å²) in [6, 6.07) is 9.86. The Morgan fingerprint density at radius 2 is 1.90 bits per heavy atom. The number of amides is 1. The fraction of sp³-hybridized carbons (Fsp3) is 0.250. The predicted molar refractivity (Wildman–Crippen MR) is 108 cm³/mol. The number of halogens is 2. The zero-order valence-corrected chi connectivity index (χ0v) is 16.2. The van der Waals surface area contributed by atoms with Crippen molar-refractivity contribution >= 4 is 34.2 Å². The molecule has 9 heteroatoms. The quantitative estimate of drug-likeness (QED) is 0.682. The van der Waals surface area contributed by atoms with E-state index in [2.05, 4.69) is 14.9 Å². The molecule has 1 aliphatic heterocycles. The minimum Gasteiger partial charge on any atom is -0.504 e. The molecule has 1 amide bonds. The summed E-state index contributed by atoms with van der Waals surface area (Å²) < 4.78 is 13.7. The van der Waals surface area contributed by atoms with Crippen LogP contribution in [0.15, 0.2) is 36.4 Å². The number of rotatable bonds is 3. The molecule has 0 spiro atoms. The molecule has 1 aliphatic rings. The Balaban J connectivity index is 1.41. The lowest BCUT2D eigenvalue weighted by atomic mass is 10.1. The van der Waals surface area contributed by atoms with E-state index in [1.54, 1.807) is 4.90 Å². The number of carbonyl (C=O) groups is 1. The molecule has 29 heavy (non-hydrogen) atoms. The van der Waals surface area contributed by atoms with Crippen LogP contribution in [0.1, 0.15) is 16.2 Å². The number of nitrogen functional groups attached to an aromatic ring is 1. The number of phenols is 1. The Hall–Kier alpha value is -2.97. The molecule has 3 N–H and O–H groups in total. The van der Waals surface area contributed by atoms with Gasteiger partial charge in [-0.15, -0.1) is 0 Å². The number of aromatic hydroxyl groups is 1. The molecule has 0 bridgehead atoms. The van der Waals surface area contributed by atoms with Crippen molar-refractivity contribution in [3.8, 4) is 5.75 Å². The number of para-hydroxylation sites is 1. The van der Waals surface area contributed by atoms with Gasteiger partial charge < -0.3 is 15.7 Å². The first kappa shape index (κ1) is 19.4. The smallest absolute Gasteiger partial charge is 0.254 e. The Morgan fingerprint density at radius 3 is 2.62 bits per heavy atom. The van der Waals surface area contributed by atoms with Crippen LogP contribution in [0.25, 0.3) is 10.9 Å². The molecular formula is C20H19ClFN5O2. The third-order valence-electron chi connectivity index (χ3n) is 4.97. The topological polar surface area (TPSA) is 95.6 Å². The number of benzene rings is 2. The van der Waals surface area contributed by atoms with Crippen LogP contribution in [0.4, 0.5) is 10.2 Å². The molecule has 0 atom stereocenters. The van der Waals surface area contributed by atoms with Crippen LogP contribution in [0, 0.1) is 5.82 Å². The summed E-state index contributed by atoms with van der Waals surface area (Å²) in [7, 11) is 0. The average Bonchev–Trinajstić information content (AvgIpc) is 2.72. The first-order valence-corrected chi connectivity index (χ1v) is 9.51. The molecule has 2 heterocycles. The molecule has 1 saturated heterocycles. The predicted octanol–water partition coefficient (Wildman–Crippen LogP) is 2.67. The highest BCUT2D eigenvalue weighted by Crippen LogP contribution is 2.28. The summed E-state index contributed by atoms with van der Waals surface area (Å²) in [4.78, 5) is 25.4. The van der Waals surface area contributed by atoms with Crippen LogP contribution in [-0.2, 0) is 6.54 Å². The summed E-state index contributed by atoms with van der Waals surface area (Å²) in [5.41, 5.74) is 6.96. The van der Waals surface area contributed by atoms with Gasteiger partial charge >= 0.3 is 0 Å². The lowest BCUT2D eigenvalue weighted by Crippen LogP contribution is -2.48. The normalized spacial score (nSPS) is 15.0. The second-order valence-corrected chi connectivity index (χ2v) is 7.31. The lowest BCUT2D eigenvalue weighted by molar-refractivity contribution is 0.0625. The Labute approximate surface area is 171 Å². The maximum atomic E-state index is 13.7. The first-order valence-electron chi connectivity index (χ1n) is 9.13. The van der Waals surface area contributed by atoms with Crippen molar-refractivity contribution in [2.24, 2.45) is 0 Å². The van der Waals surface area contributed by atoms with Crippen molar-refractivity contribution in [1.29, 1.82) is 0 Å². The van der Waals surface area contributed by atoms with Gasteiger partial charge in [0.1, 0.15) is 11.6 Å². The van der Waals surface area contributed by atoms with Crippen molar-refractivity contribution in [2.75, 3.05) is 31.9 Å². The number of piperazine rings is 1. The lowest BCUT2D eigenvalue weighted by Gasteiger charge is -2.34. The van der Waals surface area contributed by atoms with E-state index < -0.39 is 11.6 Å². The van der Waals surface area contributed by atoms with Gasteiger partial charge in [-0.25, -0.2) is 14.4 Å². The van der Waals surface area contributed by atoms with Gasteiger partial charge in [0.05, 0.1) is 17.1 Å². The molecule has 150 valence electrons. The SMILES string of the molecule is Nc1nc(CN2CCN(C(=O)c3cc(F)c(O)c(Cl)c3)CC2)nc2ccccc12. The maximum absolute atomic E-state index is 13.7. The van der Waals surface area contributed by atoms with Gasteiger partial charge in [0.2, 0.25) is 0 Å². The summed E-state index contributed by atoms with van der Waals surface area (Å²) in [5, 5.41) is 10.1. The third-order valence-corrected chi connectivity index (χ3v) is 5.26. The van der Waals surface area contributed by atoms with E-state index in [1.807, 2.05) is 24.3 Å². The molecule has 1 fully saturated rings. The second-order valence-electron chi connectivity index (χ2n) is 6.90. The van der Waals surface area contributed by atoms with E-state index >= 15 is 0 Å². The molecule has 7 nitrogen and oxygen atoms in total. The Kier molecular flexibility index (Phi) is 5.21. The number of phenolic OH excluding ortho intramolecular Hbond substituents is 1. The molecule has 0 aliphatic carbocycles. The molecule has 0 unspecified atom stereocenters. The minimum atomic E-state index is -0.912. The molecule has 3 aromatic rings. The summed E-state index contributed by atoms with van der Waals surface area (Å²) in [5.74, 6) is -0.802. The monoisotopic (exact) mass is 415 g/mol. The van der Waals surface area contributed by atoms with E-state index in [-0.39, 0.29) is 16.5 Å². The first-order chi connectivity index (χ1) is 13.9. The second kappa shape index (κ2) is 7.81. The summed E-state index contributed by atoms with van der Waals surface area (Å²) >= 11 is 5.78. The van der Waals surface area contributed by atoms with E-state index in [0.29, 0.717) is 44.4 Å². The van der Waals surface area contributed by atoms with Crippen molar-refractivity contribution < 1.29 is 14.3 Å². The number of aromatic nitrogens is 2. The highest BCUT2D eigenvalue weighted by Gasteiger charge is 2.24. The largest absolute Gasteiger partial charge is 0.504 e. The minimum absolute atomic E-state index is 0.115. The van der Waals surface area contributed by atoms with Gasteiger partial charge in [-0.2, -0.15) is 0 Å². The van der Waals surface area contributed by atoms with Crippen LogP contribution < -0.4 is 5.73 Å². The van der Waals surface area contributed by atoms with Gasteiger partial charge in [-0.1, -0.05) is 23.7 Å². The highest BCUT2D eigenvalue weighted by atomic mass is 35.5.